The van der Waals surface area contributed by atoms with Crippen LogP contribution in [0.1, 0.15) is 36.8 Å². The van der Waals surface area contributed by atoms with Crippen LogP contribution in [0.25, 0.3) is 6.08 Å². The Morgan fingerprint density at radius 1 is 1.08 bits per heavy atom. The predicted molar refractivity (Wildman–Crippen MR) is 105 cm³/mol. The fraction of sp³-hybridized carbons (Fsp3) is 0.391. The second kappa shape index (κ2) is 7.26. The maximum Gasteiger partial charge on any atom is 0.115 e. The van der Waals surface area contributed by atoms with E-state index < -0.39 is 0 Å². The predicted octanol–water partition coefficient (Wildman–Crippen LogP) is 3.96. The molecule has 2 aromatic carbocycles. The van der Waals surface area contributed by atoms with Crippen LogP contribution in [-0.2, 0) is 5.41 Å². The molecular weight excluding hydrogens is 322 g/mol. The highest BCUT2D eigenvalue weighted by atomic mass is 16.3. The zero-order chi connectivity index (χ0) is 18.0. The van der Waals surface area contributed by atoms with E-state index in [4.69, 9.17) is 0 Å². The van der Waals surface area contributed by atoms with Gasteiger partial charge < -0.3 is 10.2 Å². The summed E-state index contributed by atoms with van der Waals surface area (Å²) < 4.78 is 0. The third-order valence-corrected chi connectivity index (χ3v) is 6.24. The zero-order valence-electron chi connectivity index (χ0n) is 15.1. The summed E-state index contributed by atoms with van der Waals surface area (Å²) in [6.07, 6.45) is 8.09. The molecule has 3 atom stereocenters. The van der Waals surface area contributed by atoms with Gasteiger partial charge in [0, 0.05) is 18.0 Å². The number of benzene rings is 2. The van der Waals surface area contributed by atoms with Crippen LogP contribution >= 0.6 is 0 Å². The SMILES string of the molecule is Oc1cccc([C@@]23CCC[C@@H]([C@@H]2O)N(CC=Cc2ccccc2)CC3)c1. The monoisotopic (exact) mass is 349 g/mol. The van der Waals surface area contributed by atoms with Gasteiger partial charge in [-0.3, -0.25) is 4.90 Å². The number of rotatable bonds is 4. The lowest BCUT2D eigenvalue weighted by molar-refractivity contribution is -0.0726. The molecule has 1 aliphatic carbocycles. The number of hydrogen-bond donors (Lipinski definition) is 2. The average Bonchev–Trinajstić information content (AvgIpc) is 2.65. The Balaban J connectivity index is 1.50. The number of nitrogens with zero attached hydrogens (tertiary/aromatic N) is 1. The van der Waals surface area contributed by atoms with E-state index in [1.54, 1.807) is 6.07 Å². The molecule has 3 nitrogen and oxygen atoms in total. The minimum atomic E-state index is -0.378. The summed E-state index contributed by atoms with van der Waals surface area (Å²) in [7, 11) is 0. The third kappa shape index (κ3) is 3.17. The van der Waals surface area contributed by atoms with E-state index in [0.29, 0.717) is 5.75 Å². The first-order valence-electron chi connectivity index (χ1n) is 9.62. The molecule has 0 amide bonds. The smallest absolute Gasteiger partial charge is 0.115 e. The molecule has 26 heavy (non-hydrogen) atoms. The zero-order valence-corrected chi connectivity index (χ0v) is 15.1. The molecule has 1 saturated carbocycles. The third-order valence-electron chi connectivity index (χ3n) is 6.24. The quantitative estimate of drug-likeness (QED) is 0.878. The topological polar surface area (TPSA) is 43.7 Å². The van der Waals surface area contributed by atoms with Crippen molar-refractivity contribution in [2.75, 3.05) is 13.1 Å². The first-order chi connectivity index (χ1) is 12.7. The van der Waals surface area contributed by atoms with Crippen LogP contribution in [0.2, 0.25) is 0 Å². The number of aliphatic hydroxyl groups is 1. The Bertz CT molecular complexity index is 773. The molecule has 0 spiro atoms. The maximum absolute atomic E-state index is 11.2. The van der Waals surface area contributed by atoms with Crippen LogP contribution in [-0.4, -0.2) is 40.3 Å². The first kappa shape index (κ1) is 17.3. The summed E-state index contributed by atoms with van der Waals surface area (Å²) in [5.74, 6) is 0.291. The minimum absolute atomic E-state index is 0.195. The highest BCUT2D eigenvalue weighted by molar-refractivity contribution is 5.48. The molecule has 1 heterocycles. The van der Waals surface area contributed by atoms with Gasteiger partial charge in [0.15, 0.2) is 0 Å². The van der Waals surface area contributed by atoms with Gasteiger partial charge in [0.05, 0.1) is 6.10 Å². The molecule has 0 radical (unpaired) electrons. The normalized spacial score (nSPS) is 29.1. The molecular formula is C23H27NO2. The van der Waals surface area contributed by atoms with Crippen LogP contribution < -0.4 is 0 Å². The number of fused-ring (bicyclic) bond motifs is 2. The number of hydrogen-bond acceptors (Lipinski definition) is 3. The molecule has 2 aromatic rings. The molecule has 2 bridgehead atoms. The van der Waals surface area contributed by atoms with E-state index in [1.165, 1.54) is 5.56 Å². The molecule has 1 saturated heterocycles. The molecule has 2 N–H and O–H groups in total. The Hall–Kier alpha value is -2.10. The van der Waals surface area contributed by atoms with Gasteiger partial charge in [0.25, 0.3) is 0 Å². The number of likely N-dealkylation sites (tertiary alicyclic amines) is 1. The van der Waals surface area contributed by atoms with Crippen molar-refractivity contribution < 1.29 is 10.2 Å². The molecule has 2 fully saturated rings. The van der Waals surface area contributed by atoms with Crippen LogP contribution in [0.4, 0.5) is 0 Å². The van der Waals surface area contributed by atoms with E-state index in [0.717, 1.165) is 44.3 Å². The molecule has 0 unspecified atom stereocenters. The maximum atomic E-state index is 11.2. The Kier molecular flexibility index (Phi) is 4.84. The largest absolute Gasteiger partial charge is 0.508 e. The Labute approximate surface area is 155 Å². The van der Waals surface area contributed by atoms with Gasteiger partial charge in [-0.2, -0.15) is 0 Å². The van der Waals surface area contributed by atoms with Crippen molar-refractivity contribution >= 4 is 6.08 Å². The summed E-state index contributed by atoms with van der Waals surface area (Å²) >= 11 is 0. The van der Waals surface area contributed by atoms with E-state index in [1.807, 2.05) is 18.2 Å². The van der Waals surface area contributed by atoms with E-state index in [2.05, 4.69) is 47.4 Å². The fourth-order valence-electron chi connectivity index (χ4n) is 4.85. The number of aromatic hydroxyl groups is 1. The molecule has 4 rings (SSSR count). The Morgan fingerprint density at radius 2 is 1.92 bits per heavy atom. The lowest BCUT2D eigenvalue weighted by Crippen LogP contribution is -2.61. The standard InChI is InChI=1S/C23H27NO2/c25-20-11-4-10-19(17-20)23-13-5-12-21(22(23)26)24(16-14-23)15-6-9-18-7-2-1-3-8-18/h1-4,6-11,17,21-22,25-26H,5,12-16H2/t21-,22-,23-/m0/s1. The Morgan fingerprint density at radius 3 is 2.73 bits per heavy atom. The highest BCUT2D eigenvalue weighted by Gasteiger charge is 2.50. The minimum Gasteiger partial charge on any atom is -0.508 e. The van der Waals surface area contributed by atoms with Gasteiger partial charge in [-0.15, -0.1) is 0 Å². The summed E-state index contributed by atoms with van der Waals surface area (Å²) in [6, 6.07) is 18.0. The average molecular weight is 349 g/mol. The first-order valence-corrected chi connectivity index (χ1v) is 9.62. The van der Waals surface area contributed by atoms with Crippen LogP contribution in [0, 0.1) is 0 Å². The lowest BCUT2D eigenvalue weighted by atomic mass is 9.61. The van der Waals surface area contributed by atoms with Crippen molar-refractivity contribution in [3.05, 3.63) is 71.8 Å². The number of phenols is 1. The van der Waals surface area contributed by atoms with Crippen LogP contribution in [0.5, 0.6) is 5.75 Å². The molecule has 2 aliphatic rings. The number of aliphatic hydroxyl groups excluding tert-OH is 1. The molecule has 0 aromatic heterocycles. The molecule has 1 aliphatic heterocycles. The van der Waals surface area contributed by atoms with Gasteiger partial charge in [0.2, 0.25) is 0 Å². The van der Waals surface area contributed by atoms with Crippen LogP contribution in [0.3, 0.4) is 0 Å². The van der Waals surface area contributed by atoms with Crippen molar-refractivity contribution in [1.29, 1.82) is 0 Å². The van der Waals surface area contributed by atoms with E-state index in [9.17, 15) is 10.2 Å². The molecule has 3 heteroatoms. The van der Waals surface area contributed by atoms with Gasteiger partial charge in [-0.1, -0.05) is 61.0 Å². The van der Waals surface area contributed by atoms with E-state index in [-0.39, 0.29) is 17.6 Å². The lowest BCUT2D eigenvalue weighted by Gasteiger charge is -2.54. The van der Waals surface area contributed by atoms with E-state index >= 15 is 0 Å². The van der Waals surface area contributed by atoms with Gasteiger partial charge in [0.1, 0.15) is 5.75 Å². The highest BCUT2D eigenvalue weighted by Crippen LogP contribution is 2.47. The van der Waals surface area contributed by atoms with Gasteiger partial charge in [-0.05, 0) is 49.1 Å². The summed E-state index contributed by atoms with van der Waals surface area (Å²) in [6.45, 7) is 1.85. The van der Waals surface area contributed by atoms with Crippen LogP contribution in [0.15, 0.2) is 60.7 Å². The number of piperidine rings is 1. The fourth-order valence-corrected chi connectivity index (χ4v) is 4.85. The number of phenolic OH excluding ortho intramolecular Hbond substituents is 1. The second-order valence-corrected chi connectivity index (χ2v) is 7.67. The summed E-state index contributed by atoms with van der Waals surface area (Å²) in [5.41, 5.74) is 2.10. The van der Waals surface area contributed by atoms with Crippen molar-refractivity contribution in [2.24, 2.45) is 0 Å². The second-order valence-electron chi connectivity index (χ2n) is 7.67. The van der Waals surface area contributed by atoms with Crippen molar-refractivity contribution in [3.8, 4) is 5.75 Å². The van der Waals surface area contributed by atoms with Gasteiger partial charge >= 0.3 is 0 Å². The molecule has 136 valence electrons. The summed E-state index contributed by atoms with van der Waals surface area (Å²) in [5, 5.41) is 21.1. The van der Waals surface area contributed by atoms with Crippen molar-refractivity contribution in [3.63, 3.8) is 0 Å². The van der Waals surface area contributed by atoms with Gasteiger partial charge in [-0.25, -0.2) is 0 Å². The van der Waals surface area contributed by atoms with Crippen molar-refractivity contribution in [1.82, 2.24) is 4.90 Å². The summed E-state index contributed by atoms with van der Waals surface area (Å²) in [4.78, 5) is 2.42. The van der Waals surface area contributed by atoms with Crippen molar-refractivity contribution in [2.45, 2.75) is 43.2 Å².